The minimum Gasteiger partial charge on any atom is -0.309 e. The third kappa shape index (κ3) is 4.85. The van der Waals surface area contributed by atoms with Gasteiger partial charge in [-0.1, -0.05) is 24.3 Å². The normalized spacial score (nSPS) is 11.7. The highest BCUT2D eigenvalue weighted by Crippen LogP contribution is 2.31. The van der Waals surface area contributed by atoms with Crippen molar-refractivity contribution < 1.29 is 4.79 Å². The van der Waals surface area contributed by atoms with Crippen molar-refractivity contribution in [2.75, 3.05) is 32.1 Å². The molecule has 6 nitrogen and oxygen atoms in total. The molecule has 0 unspecified atom stereocenters. The molecule has 2 heterocycles. The van der Waals surface area contributed by atoms with Crippen LogP contribution in [0, 0.1) is 6.92 Å². The third-order valence-corrected chi connectivity index (χ3v) is 5.98. The predicted octanol–water partition coefficient (Wildman–Crippen LogP) is 4.54. The number of anilines is 1. The molecule has 0 aliphatic rings. The van der Waals surface area contributed by atoms with Gasteiger partial charge in [-0.15, -0.1) is 0 Å². The molecule has 0 radical (unpaired) electrons. The summed E-state index contributed by atoms with van der Waals surface area (Å²) in [7, 11) is 4.09. The lowest BCUT2D eigenvalue weighted by atomic mass is 10.2. The summed E-state index contributed by atoms with van der Waals surface area (Å²) in [5, 5.41) is 5.32. The number of aryl methyl sites for hydroxylation is 2. The minimum absolute atomic E-state index is 0.0824. The number of amides is 1. The van der Waals surface area contributed by atoms with Crippen LogP contribution in [0.25, 0.3) is 10.2 Å². The Bertz CT molecular complexity index is 988. The van der Waals surface area contributed by atoms with E-state index in [0.29, 0.717) is 12.2 Å². The van der Waals surface area contributed by atoms with Crippen molar-refractivity contribution in [1.29, 1.82) is 0 Å². The van der Waals surface area contributed by atoms with Gasteiger partial charge in [0.05, 0.1) is 10.2 Å². The number of aromatic nitrogens is 3. The molecule has 156 valence electrons. The zero-order valence-electron chi connectivity index (χ0n) is 18.3. The monoisotopic (exact) mass is 413 g/mol. The van der Waals surface area contributed by atoms with Gasteiger partial charge < -0.3 is 4.90 Å². The summed E-state index contributed by atoms with van der Waals surface area (Å²) >= 11 is 1.58. The quantitative estimate of drug-likeness (QED) is 0.544. The van der Waals surface area contributed by atoms with Crippen molar-refractivity contribution >= 4 is 32.6 Å². The molecule has 29 heavy (non-hydrogen) atoms. The smallest absolute Gasteiger partial charge is 0.280 e. The van der Waals surface area contributed by atoms with E-state index in [9.17, 15) is 4.79 Å². The summed E-state index contributed by atoms with van der Waals surface area (Å²) in [4.78, 5) is 22.1. The van der Waals surface area contributed by atoms with Crippen LogP contribution in [-0.4, -0.2) is 52.8 Å². The number of rotatable bonds is 8. The molecule has 3 rings (SSSR count). The van der Waals surface area contributed by atoms with Crippen LogP contribution in [0.15, 0.2) is 24.3 Å². The minimum atomic E-state index is -0.0824. The maximum Gasteiger partial charge on any atom is 0.280 e. The average molecular weight is 414 g/mol. The second-order valence-corrected chi connectivity index (χ2v) is 8.98. The molecule has 0 fully saturated rings. The molecule has 3 aromatic rings. The number of nitrogens with zero attached hydrogens (tertiary/aromatic N) is 5. The van der Waals surface area contributed by atoms with Gasteiger partial charge in [0.15, 0.2) is 10.8 Å². The Morgan fingerprint density at radius 3 is 2.59 bits per heavy atom. The van der Waals surface area contributed by atoms with Gasteiger partial charge in [-0.3, -0.25) is 14.4 Å². The van der Waals surface area contributed by atoms with Gasteiger partial charge in [-0.2, -0.15) is 5.10 Å². The number of hydrogen-bond donors (Lipinski definition) is 0. The Hall–Kier alpha value is -2.25. The summed E-state index contributed by atoms with van der Waals surface area (Å²) < 4.78 is 3.02. The van der Waals surface area contributed by atoms with Crippen LogP contribution in [0.4, 0.5) is 5.13 Å². The van der Waals surface area contributed by atoms with E-state index in [4.69, 9.17) is 4.98 Å². The average Bonchev–Trinajstić information content (AvgIpc) is 3.27. The Morgan fingerprint density at radius 2 is 1.97 bits per heavy atom. The molecule has 1 amide bonds. The van der Waals surface area contributed by atoms with Crippen LogP contribution in [0.5, 0.6) is 0 Å². The van der Waals surface area contributed by atoms with Crippen LogP contribution in [0.3, 0.4) is 0 Å². The molecule has 0 aliphatic heterocycles. The zero-order chi connectivity index (χ0) is 21.1. The fraction of sp³-hybridized carbons (Fsp3) is 0.500. The summed E-state index contributed by atoms with van der Waals surface area (Å²) in [6.45, 7) is 9.81. The van der Waals surface area contributed by atoms with Crippen molar-refractivity contribution in [2.24, 2.45) is 0 Å². The van der Waals surface area contributed by atoms with Crippen molar-refractivity contribution in [3.63, 3.8) is 0 Å². The van der Waals surface area contributed by atoms with Gasteiger partial charge in [-0.05, 0) is 78.0 Å². The van der Waals surface area contributed by atoms with E-state index in [1.54, 1.807) is 16.2 Å². The maximum absolute atomic E-state index is 13.4. The van der Waals surface area contributed by atoms with Gasteiger partial charge in [0.25, 0.3) is 5.91 Å². The lowest BCUT2D eigenvalue weighted by Gasteiger charge is -2.20. The molecule has 1 aromatic carbocycles. The molecule has 0 atom stereocenters. The van der Waals surface area contributed by atoms with Gasteiger partial charge >= 0.3 is 0 Å². The Morgan fingerprint density at radius 1 is 1.21 bits per heavy atom. The van der Waals surface area contributed by atoms with E-state index < -0.39 is 0 Å². The van der Waals surface area contributed by atoms with Crippen LogP contribution in [0.2, 0.25) is 0 Å². The largest absolute Gasteiger partial charge is 0.309 e. The molecule has 0 saturated heterocycles. The summed E-state index contributed by atoms with van der Waals surface area (Å²) in [5.74, 6) is -0.0824. The topological polar surface area (TPSA) is 54.3 Å². The van der Waals surface area contributed by atoms with Gasteiger partial charge in [0.1, 0.15) is 0 Å². The fourth-order valence-corrected chi connectivity index (χ4v) is 4.43. The lowest BCUT2D eigenvalue weighted by molar-refractivity contribution is 0.0980. The van der Waals surface area contributed by atoms with Crippen molar-refractivity contribution in [1.82, 2.24) is 19.7 Å². The molecule has 0 spiro atoms. The van der Waals surface area contributed by atoms with E-state index >= 15 is 0 Å². The van der Waals surface area contributed by atoms with Crippen molar-refractivity contribution in [3.05, 3.63) is 41.2 Å². The number of thiazole rings is 1. The van der Waals surface area contributed by atoms with E-state index in [-0.39, 0.29) is 11.9 Å². The van der Waals surface area contributed by atoms with Gasteiger partial charge in [0, 0.05) is 18.3 Å². The highest BCUT2D eigenvalue weighted by atomic mass is 32.1. The standard InChI is InChI=1S/C22H31N5OS/c1-7-17-9-10-18-20(14-17)29-22(23-18)26(12-8-11-25(5)6)21(28)19-13-16(4)27(24-19)15(2)3/h9-10,13-15H,7-8,11-12H2,1-6H3. The Labute approximate surface area is 177 Å². The van der Waals surface area contributed by atoms with Gasteiger partial charge in [0.2, 0.25) is 0 Å². The molecule has 0 N–H and O–H groups in total. The van der Waals surface area contributed by atoms with Crippen LogP contribution >= 0.6 is 11.3 Å². The molecule has 0 saturated carbocycles. The van der Waals surface area contributed by atoms with Crippen molar-refractivity contribution in [2.45, 2.75) is 46.6 Å². The van der Waals surface area contributed by atoms with E-state index in [2.05, 4.69) is 42.9 Å². The number of benzene rings is 1. The maximum atomic E-state index is 13.4. The second-order valence-electron chi connectivity index (χ2n) is 7.97. The lowest BCUT2D eigenvalue weighted by Crippen LogP contribution is -2.33. The number of carbonyl (C=O) groups excluding carboxylic acids is 1. The fourth-order valence-electron chi connectivity index (χ4n) is 3.37. The summed E-state index contributed by atoms with van der Waals surface area (Å²) in [6.07, 6.45) is 1.86. The van der Waals surface area contributed by atoms with E-state index in [1.807, 2.05) is 37.8 Å². The molecular weight excluding hydrogens is 382 g/mol. The predicted molar refractivity (Wildman–Crippen MR) is 121 cm³/mol. The van der Waals surface area contributed by atoms with Crippen LogP contribution in [-0.2, 0) is 6.42 Å². The first kappa shape index (κ1) is 21.5. The Balaban J connectivity index is 1.95. The first-order valence-electron chi connectivity index (χ1n) is 10.2. The van der Waals surface area contributed by atoms with Crippen LogP contribution < -0.4 is 4.90 Å². The first-order chi connectivity index (χ1) is 13.8. The molecular formula is C22H31N5OS. The van der Waals surface area contributed by atoms with E-state index in [1.165, 1.54) is 5.56 Å². The zero-order valence-corrected chi connectivity index (χ0v) is 19.1. The molecule has 0 bridgehead atoms. The Kier molecular flexibility index (Phi) is 6.70. The number of fused-ring (bicyclic) bond motifs is 1. The molecule has 2 aromatic heterocycles. The third-order valence-electron chi connectivity index (χ3n) is 4.94. The van der Waals surface area contributed by atoms with Crippen LogP contribution in [0.1, 0.15) is 55.0 Å². The van der Waals surface area contributed by atoms with Gasteiger partial charge in [-0.25, -0.2) is 4.98 Å². The SMILES string of the molecule is CCc1ccc2nc(N(CCCN(C)C)C(=O)c3cc(C)n(C(C)C)n3)sc2c1. The van der Waals surface area contributed by atoms with E-state index in [0.717, 1.165) is 40.4 Å². The highest BCUT2D eigenvalue weighted by molar-refractivity contribution is 7.22. The number of hydrogen-bond acceptors (Lipinski definition) is 5. The van der Waals surface area contributed by atoms with Crippen molar-refractivity contribution in [3.8, 4) is 0 Å². The second kappa shape index (κ2) is 9.05. The first-order valence-corrected chi connectivity index (χ1v) is 11.0. The number of carbonyl (C=O) groups is 1. The molecule has 7 heteroatoms. The molecule has 0 aliphatic carbocycles. The summed E-state index contributed by atoms with van der Waals surface area (Å²) in [6, 6.07) is 8.43. The highest BCUT2D eigenvalue weighted by Gasteiger charge is 2.24. The summed E-state index contributed by atoms with van der Waals surface area (Å²) in [5.41, 5.74) is 3.70.